The molecule has 2 heterocycles. The second kappa shape index (κ2) is 7.38. The van der Waals surface area contributed by atoms with Gasteiger partial charge in [-0.2, -0.15) is 13.2 Å². The molecule has 2 aromatic rings. The summed E-state index contributed by atoms with van der Waals surface area (Å²) in [7, 11) is 0. The van der Waals surface area contributed by atoms with Gasteiger partial charge in [-0.1, -0.05) is 0 Å². The van der Waals surface area contributed by atoms with Gasteiger partial charge in [0.25, 0.3) is 11.6 Å². The van der Waals surface area contributed by atoms with E-state index in [4.69, 9.17) is 0 Å². The van der Waals surface area contributed by atoms with Crippen molar-refractivity contribution in [2.45, 2.75) is 20.0 Å². The summed E-state index contributed by atoms with van der Waals surface area (Å²) >= 11 is 1.31. The van der Waals surface area contributed by atoms with Crippen LogP contribution in [0.3, 0.4) is 0 Å². The van der Waals surface area contributed by atoms with Crippen molar-refractivity contribution in [3.05, 3.63) is 49.5 Å². The summed E-state index contributed by atoms with van der Waals surface area (Å²) in [6.45, 7) is 4.78. The van der Waals surface area contributed by atoms with E-state index in [-0.39, 0.29) is 24.7 Å². The zero-order chi connectivity index (χ0) is 20.6. The first-order chi connectivity index (χ1) is 13.1. The van der Waals surface area contributed by atoms with E-state index in [1.165, 1.54) is 11.3 Å². The number of nitro benzene ring substituents is 1. The van der Waals surface area contributed by atoms with Gasteiger partial charge in [0.2, 0.25) is 0 Å². The van der Waals surface area contributed by atoms with Gasteiger partial charge >= 0.3 is 6.18 Å². The third-order valence-electron chi connectivity index (χ3n) is 4.50. The summed E-state index contributed by atoms with van der Waals surface area (Å²) in [6.07, 6.45) is -4.65. The van der Waals surface area contributed by atoms with Crippen molar-refractivity contribution >= 4 is 28.6 Å². The number of amides is 1. The van der Waals surface area contributed by atoms with Crippen molar-refractivity contribution in [3.8, 4) is 0 Å². The number of hydrogen-bond donors (Lipinski definition) is 0. The number of aromatic nitrogens is 1. The number of rotatable bonds is 3. The van der Waals surface area contributed by atoms with Crippen LogP contribution in [0.2, 0.25) is 0 Å². The highest BCUT2D eigenvalue weighted by molar-refractivity contribution is 7.13. The van der Waals surface area contributed by atoms with E-state index in [1.54, 1.807) is 16.7 Å². The molecule has 11 heteroatoms. The van der Waals surface area contributed by atoms with Gasteiger partial charge in [0.05, 0.1) is 21.2 Å². The van der Waals surface area contributed by atoms with Crippen LogP contribution in [0, 0.1) is 24.0 Å². The van der Waals surface area contributed by atoms with Crippen LogP contribution in [0.25, 0.3) is 0 Å². The van der Waals surface area contributed by atoms with Crippen LogP contribution in [-0.4, -0.2) is 46.9 Å². The van der Waals surface area contributed by atoms with Crippen molar-refractivity contribution in [1.82, 2.24) is 9.88 Å². The number of piperazine rings is 1. The van der Waals surface area contributed by atoms with Gasteiger partial charge in [0, 0.05) is 32.2 Å². The number of carbonyl (C=O) groups is 1. The number of nitro groups is 1. The Labute approximate surface area is 162 Å². The Morgan fingerprint density at radius 2 is 1.86 bits per heavy atom. The van der Waals surface area contributed by atoms with Crippen molar-refractivity contribution in [3.63, 3.8) is 0 Å². The summed E-state index contributed by atoms with van der Waals surface area (Å²) in [5.74, 6) is -0.148. The first-order valence-electron chi connectivity index (χ1n) is 8.42. The van der Waals surface area contributed by atoms with Crippen LogP contribution in [0.4, 0.5) is 24.5 Å². The number of hydrogen-bond acceptors (Lipinski definition) is 6. The van der Waals surface area contributed by atoms with Crippen LogP contribution in [0.15, 0.2) is 18.2 Å². The second-order valence-electron chi connectivity index (χ2n) is 6.39. The van der Waals surface area contributed by atoms with E-state index in [0.29, 0.717) is 29.7 Å². The number of anilines is 1. The molecule has 0 radical (unpaired) electrons. The van der Waals surface area contributed by atoms with Crippen molar-refractivity contribution < 1.29 is 22.9 Å². The molecule has 1 fully saturated rings. The van der Waals surface area contributed by atoms with E-state index in [1.807, 2.05) is 6.92 Å². The standard InChI is InChI=1S/C17H17F3N4O3S/c1-10-15(28-11(2)21-10)16(25)23-7-5-22(6-8-23)13-4-3-12(17(18,19)20)9-14(13)24(26)27/h3-4,9H,5-8H2,1-2H3. The lowest BCUT2D eigenvalue weighted by molar-refractivity contribution is -0.384. The normalized spacial score (nSPS) is 15.0. The SMILES string of the molecule is Cc1nc(C)c(C(=O)N2CCN(c3ccc(C(F)(F)F)cc3[N+](=O)[O-])CC2)s1. The van der Waals surface area contributed by atoms with Crippen molar-refractivity contribution in [2.24, 2.45) is 0 Å². The molecule has 0 spiro atoms. The molecular weight excluding hydrogens is 397 g/mol. The fourth-order valence-electron chi connectivity index (χ4n) is 3.14. The van der Waals surface area contributed by atoms with E-state index < -0.39 is 22.4 Å². The van der Waals surface area contributed by atoms with Crippen LogP contribution < -0.4 is 4.90 Å². The Morgan fingerprint density at radius 1 is 1.21 bits per heavy atom. The first kappa shape index (κ1) is 20.1. The van der Waals surface area contributed by atoms with E-state index in [9.17, 15) is 28.1 Å². The summed E-state index contributed by atoms with van der Waals surface area (Å²) in [5, 5.41) is 12.1. The van der Waals surface area contributed by atoms with E-state index in [0.717, 1.165) is 17.1 Å². The number of carbonyl (C=O) groups excluding carboxylic acids is 1. The lowest BCUT2D eigenvalue weighted by atomic mass is 10.1. The van der Waals surface area contributed by atoms with Gasteiger partial charge in [-0.25, -0.2) is 4.98 Å². The number of nitrogens with zero attached hydrogens (tertiary/aromatic N) is 4. The number of aryl methyl sites for hydroxylation is 2. The average Bonchev–Trinajstić information content (AvgIpc) is 2.98. The minimum atomic E-state index is -4.65. The summed E-state index contributed by atoms with van der Waals surface area (Å²) < 4.78 is 38.6. The Hall–Kier alpha value is -2.69. The average molecular weight is 414 g/mol. The molecule has 1 aliphatic heterocycles. The highest BCUT2D eigenvalue weighted by Gasteiger charge is 2.34. The molecule has 1 aromatic heterocycles. The smallest absolute Gasteiger partial charge is 0.362 e. The van der Waals surface area contributed by atoms with Gasteiger partial charge in [-0.05, 0) is 26.0 Å². The van der Waals surface area contributed by atoms with Crippen LogP contribution in [-0.2, 0) is 6.18 Å². The molecule has 0 atom stereocenters. The molecule has 1 aliphatic rings. The fraction of sp³-hybridized carbons (Fsp3) is 0.412. The molecule has 28 heavy (non-hydrogen) atoms. The molecule has 3 rings (SSSR count). The van der Waals surface area contributed by atoms with Gasteiger partial charge < -0.3 is 9.80 Å². The second-order valence-corrected chi connectivity index (χ2v) is 7.59. The maximum atomic E-state index is 12.9. The number of halogens is 3. The van der Waals surface area contributed by atoms with Gasteiger partial charge in [-0.15, -0.1) is 11.3 Å². The highest BCUT2D eigenvalue weighted by atomic mass is 32.1. The predicted octanol–water partition coefficient (Wildman–Crippen LogP) is 3.65. The van der Waals surface area contributed by atoms with E-state index >= 15 is 0 Å². The molecule has 0 bridgehead atoms. The summed E-state index contributed by atoms with van der Waals surface area (Å²) in [4.78, 5) is 31.2. The largest absolute Gasteiger partial charge is 0.416 e. The Morgan fingerprint density at radius 3 is 2.36 bits per heavy atom. The molecular formula is C17H17F3N4O3S. The Bertz CT molecular complexity index is 921. The lowest BCUT2D eigenvalue weighted by Crippen LogP contribution is -2.49. The molecule has 7 nitrogen and oxygen atoms in total. The number of alkyl halides is 3. The molecule has 0 aliphatic carbocycles. The van der Waals surface area contributed by atoms with Crippen LogP contribution in [0.1, 0.15) is 25.9 Å². The van der Waals surface area contributed by atoms with Gasteiger partial charge in [0.15, 0.2) is 0 Å². The minimum Gasteiger partial charge on any atom is -0.362 e. The third kappa shape index (κ3) is 3.93. The fourth-order valence-corrected chi connectivity index (χ4v) is 4.02. The van der Waals surface area contributed by atoms with Crippen molar-refractivity contribution in [2.75, 3.05) is 31.1 Å². The molecule has 1 aromatic carbocycles. The summed E-state index contributed by atoms with van der Waals surface area (Å²) in [5.41, 5.74) is -0.875. The quantitative estimate of drug-likeness (QED) is 0.566. The minimum absolute atomic E-state index is 0.120. The molecule has 0 saturated carbocycles. The zero-order valence-electron chi connectivity index (χ0n) is 15.1. The Kier molecular flexibility index (Phi) is 5.28. The number of benzene rings is 1. The van der Waals surface area contributed by atoms with Crippen LogP contribution in [0.5, 0.6) is 0 Å². The van der Waals surface area contributed by atoms with Gasteiger partial charge in [-0.3, -0.25) is 14.9 Å². The molecule has 0 N–H and O–H groups in total. The Balaban J connectivity index is 1.77. The lowest BCUT2D eigenvalue weighted by Gasteiger charge is -2.35. The third-order valence-corrected chi connectivity index (χ3v) is 5.57. The topological polar surface area (TPSA) is 79.6 Å². The first-order valence-corrected chi connectivity index (χ1v) is 9.23. The highest BCUT2D eigenvalue weighted by Crippen LogP contribution is 2.36. The van der Waals surface area contributed by atoms with Gasteiger partial charge in [0.1, 0.15) is 10.6 Å². The summed E-state index contributed by atoms with van der Waals surface area (Å²) in [6, 6.07) is 2.51. The molecule has 1 saturated heterocycles. The van der Waals surface area contributed by atoms with Crippen LogP contribution >= 0.6 is 11.3 Å². The maximum Gasteiger partial charge on any atom is 0.416 e. The monoisotopic (exact) mass is 414 g/mol. The zero-order valence-corrected chi connectivity index (χ0v) is 15.9. The van der Waals surface area contributed by atoms with Crippen molar-refractivity contribution in [1.29, 1.82) is 0 Å². The van der Waals surface area contributed by atoms with E-state index in [2.05, 4.69) is 4.98 Å². The predicted molar refractivity (Wildman–Crippen MR) is 97.8 cm³/mol. The molecule has 0 unspecified atom stereocenters. The number of thiazole rings is 1. The molecule has 1 amide bonds. The maximum absolute atomic E-state index is 12.9. The molecule has 150 valence electrons.